The Labute approximate surface area is 108 Å². The van der Waals surface area contributed by atoms with Crippen molar-refractivity contribution in [1.82, 2.24) is 5.32 Å². The van der Waals surface area contributed by atoms with E-state index >= 15 is 0 Å². The number of nitrogens with two attached hydrogens (primary N) is 1. The van der Waals surface area contributed by atoms with E-state index < -0.39 is 0 Å². The predicted molar refractivity (Wildman–Crippen MR) is 70.4 cm³/mol. The molecule has 3 N–H and O–H groups in total. The molecule has 0 bridgehead atoms. The Morgan fingerprint density at radius 1 is 1.44 bits per heavy atom. The van der Waals surface area contributed by atoms with Crippen LogP contribution in [0.2, 0.25) is 0 Å². The number of halogens is 1. The van der Waals surface area contributed by atoms with Crippen LogP contribution < -0.4 is 11.1 Å². The van der Waals surface area contributed by atoms with Gasteiger partial charge < -0.3 is 11.1 Å². The number of rotatable bonds is 6. The Hall–Kier alpha value is -1.42. The summed E-state index contributed by atoms with van der Waals surface area (Å²) in [5, 5.41) is 2.89. The molecule has 0 aliphatic rings. The molecule has 0 aliphatic heterocycles. The van der Waals surface area contributed by atoms with Crippen molar-refractivity contribution in [3.8, 4) is 0 Å². The molecular formula is C14H21FN2O. The van der Waals surface area contributed by atoms with Crippen LogP contribution in [0.4, 0.5) is 4.39 Å². The molecule has 0 saturated heterocycles. The topological polar surface area (TPSA) is 55.1 Å². The van der Waals surface area contributed by atoms with Crippen LogP contribution in [-0.2, 0) is 4.79 Å². The molecule has 0 aliphatic carbocycles. The summed E-state index contributed by atoms with van der Waals surface area (Å²) in [6.07, 6.45) is 1.61. The number of carbonyl (C=O) groups excluding carboxylic acids is 1. The second-order valence-corrected chi connectivity index (χ2v) is 4.62. The van der Waals surface area contributed by atoms with Crippen molar-refractivity contribution in [2.75, 3.05) is 6.54 Å². The van der Waals surface area contributed by atoms with Gasteiger partial charge in [-0.25, -0.2) is 4.39 Å². The van der Waals surface area contributed by atoms with Crippen LogP contribution in [0.1, 0.15) is 38.3 Å². The summed E-state index contributed by atoms with van der Waals surface area (Å²) >= 11 is 0. The fourth-order valence-corrected chi connectivity index (χ4v) is 1.77. The summed E-state index contributed by atoms with van der Waals surface area (Å²) in [6.45, 7) is 4.32. The van der Waals surface area contributed by atoms with Crippen LogP contribution in [0, 0.1) is 11.7 Å². The summed E-state index contributed by atoms with van der Waals surface area (Å²) < 4.78 is 13.1. The van der Waals surface area contributed by atoms with Crippen molar-refractivity contribution < 1.29 is 9.18 Å². The molecule has 0 fully saturated rings. The first kappa shape index (κ1) is 14.6. The van der Waals surface area contributed by atoms with Gasteiger partial charge in [0.2, 0.25) is 5.91 Å². The van der Waals surface area contributed by atoms with E-state index in [1.807, 2.05) is 13.8 Å². The van der Waals surface area contributed by atoms with E-state index in [2.05, 4.69) is 5.32 Å². The van der Waals surface area contributed by atoms with Gasteiger partial charge in [-0.3, -0.25) is 4.79 Å². The number of hydrogen-bond donors (Lipinski definition) is 2. The van der Waals surface area contributed by atoms with Crippen molar-refractivity contribution in [3.05, 3.63) is 35.6 Å². The highest BCUT2D eigenvalue weighted by atomic mass is 19.1. The highest BCUT2D eigenvalue weighted by Crippen LogP contribution is 2.15. The molecule has 0 radical (unpaired) electrons. The van der Waals surface area contributed by atoms with Gasteiger partial charge in [0.25, 0.3) is 0 Å². The van der Waals surface area contributed by atoms with E-state index in [4.69, 9.17) is 5.73 Å². The number of nitrogens with one attached hydrogen (secondary N) is 1. The lowest BCUT2D eigenvalue weighted by Crippen LogP contribution is -2.31. The van der Waals surface area contributed by atoms with Gasteiger partial charge in [0.1, 0.15) is 5.82 Å². The van der Waals surface area contributed by atoms with Gasteiger partial charge in [-0.05, 0) is 44.0 Å². The molecule has 0 heterocycles. The monoisotopic (exact) mass is 252 g/mol. The van der Waals surface area contributed by atoms with Gasteiger partial charge in [0, 0.05) is 5.92 Å². The summed E-state index contributed by atoms with van der Waals surface area (Å²) in [5.41, 5.74) is 6.19. The molecule has 0 saturated carbocycles. The molecule has 1 rings (SSSR count). The molecule has 2 atom stereocenters. The zero-order chi connectivity index (χ0) is 13.5. The predicted octanol–water partition coefficient (Wildman–Crippen LogP) is 2.38. The lowest BCUT2D eigenvalue weighted by molar-refractivity contribution is -0.125. The van der Waals surface area contributed by atoms with Crippen molar-refractivity contribution >= 4 is 5.91 Å². The highest BCUT2D eigenvalue weighted by Gasteiger charge is 2.15. The van der Waals surface area contributed by atoms with E-state index in [0.717, 1.165) is 18.4 Å². The summed E-state index contributed by atoms with van der Waals surface area (Å²) in [5.74, 6) is -0.366. The summed E-state index contributed by atoms with van der Waals surface area (Å²) in [6, 6.07) is 6.09. The quantitative estimate of drug-likeness (QED) is 0.816. The van der Waals surface area contributed by atoms with E-state index in [1.54, 1.807) is 12.1 Å². The van der Waals surface area contributed by atoms with Gasteiger partial charge in [-0.2, -0.15) is 0 Å². The van der Waals surface area contributed by atoms with Crippen LogP contribution in [0.15, 0.2) is 24.3 Å². The average Bonchev–Trinajstić information content (AvgIpc) is 2.35. The minimum absolute atomic E-state index is 0.0137. The van der Waals surface area contributed by atoms with Gasteiger partial charge in [-0.1, -0.05) is 19.1 Å². The zero-order valence-electron chi connectivity index (χ0n) is 10.9. The summed E-state index contributed by atoms with van der Waals surface area (Å²) in [7, 11) is 0. The first-order valence-corrected chi connectivity index (χ1v) is 6.30. The normalized spacial score (nSPS) is 14.0. The average molecular weight is 252 g/mol. The van der Waals surface area contributed by atoms with Crippen molar-refractivity contribution in [1.29, 1.82) is 0 Å². The highest BCUT2D eigenvalue weighted by molar-refractivity contribution is 5.78. The smallest absolute Gasteiger partial charge is 0.223 e. The Morgan fingerprint density at radius 2 is 2.17 bits per heavy atom. The van der Waals surface area contributed by atoms with E-state index in [9.17, 15) is 9.18 Å². The Bertz CT molecular complexity index is 395. The standard InChI is InChI=1S/C14H21FN2O/c1-10(5-4-8-16)14(18)17-11(2)12-6-3-7-13(15)9-12/h3,6-7,9-11H,4-5,8,16H2,1-2H3,(H,17,18)/t10?,11-/m0/s1. The lowest BCUT2D eigenvalue weighted by atomic mass is 10.0. The molecule has 3 nitrogen and oxygen atoms in total. The zero-order valence-corrected chi connectivity index (χ0v) is 10.9. The molecule has 1 aromatic carbocycles. The summed E-state index contributed by atoms with van der Waals surface area (Å²) in [4.78, 5) is 11.9. The first-order valence-electron chi connectivity index (χ1n) is 6.30. The fraction of sp³-hybridized carbons (Fsp3) is 0.500. The first-order chi connectivity index (χ1) is 8.54. The van der Waals surface area contributed by atoms with E-state index in [0.29, 0.717) is 6.54 Å². The van der Waals surface area contributed by atoms with Crippen LogP contribution >= 0.6 is 0 Å². The van der Waals surface area contributed by atoms with E-state index in [-0.39, 0.29) is 23.7 Å². The van der Waals surface area contributed by atoms with Gasteiger partial charge in [0.05, 0.1) is 6.04 Å². The largest absolute Gasteiger partial charge is 0.349 e. The molecule has 1 aromatic rings. The molecule has 4 heteroatoms. The van der Waals surface area contributed by atoms with Crippen LogP contribution in [0.5, 0.6) is 0 Å². The van der Waals surface area contributed by atoms with Crippen LogP contribution in [0.25, 0.3) is 0 Å². The third-order valence-corrected chi connectivity index (χ3v) is 3.00. The molecular weight excluding hydrogens is 231 g/mol. The second-order valence-electron chi connectivity index (χ2n) is 4.62. The van der Waals surface area contributed by atoms with Gasteiger partial charge in [0.15, 0.2) is 0 Å². The maximum atomic E-state index is 13.1. The SMILES string of the molecule is CC(CCCN)C(=O)N[C@@H](C)c1cccc(F)c1. The fourth-order valence-electron chi connectivity index (χ4n) is 1.77. The second kappa shape index (κ2) is 7.11. The van der Waals surface area contributed by atoms with Crippen molar-refractivity contribution in [3.63, 3.8) is 0 Å². The van der Waals surface area contributed by atoms with Crippen molar-refractivity contribution in [2.24, 2.45) is 11.7 Å². The van der Waals surface area contributed by atoms with Crippen LogP contribution in [0.3, 0.4) is 0 Å². The molecule has 18 heavy (non-hydrogen) atoms. The maximum absolute atomic E-state index is 13.1. The molecule has 0 spiro atoms. The Kier molecular flexibility index (Phi) is 5.78. The van der Waals surface area contributed by atoms with Crippen LogP contribution in [-0.4, -0.2) is 12.5 Å². The Morgan fingerprint density at radius 3 is 2.78 bits per heavy atom. The van der Waals surface area contributed by atoms with E-state index in [1.165, 1.54) is 12.1 Å². The number of amides is 1. The number of benzene rings is 1. The molecule has 100 valence electrons. The Balaban J connectivity index is 2.54. The molecule has 1 amide bonds. The minimum atomic E-state index is -0.287. The van der Waals surface area contributed by atoms with Gasteiger partial charge >= 0.3 is 0 Å². The number of hydrogen-bond acceptors (Lipinski definition) is 2. The third kappa shape index (κ3) is 4.45. The number of carbonyl (C=O) groups is 1. The minimum Gasteiger partial charge on any atom is -0.349 e. The lowest BCUT2D eigenvalue weighted by Gasteiger charge is -2.17. The molecule has 0 aromatic heterocycles. The molecule has 1 unspecified atom stereocenters. The maximum Gasteiger partial charge on any atom is 0.223 e. The van der Waals surface area contributed by atoms with Crippen molar-refractivity contribution in [2.45, 2.75) is 32.7 Å². The third-order valence-electron chi connectivity index (χ3n) is 3.00. The van der Waals surface area contributed by atoms with Gasteiger partial charge in [-0.15, -0.1) is 0 Å².